The normalized spacial score (nSPS) is 12.9. The van der Waals surface area contributed by atoms with Crippen LogP contribution in [0.4, 0.5) is 0 Å². The maximum absolute atomic E-state index is 12.5. The van der Waals surface area contributed by atoms with E-state index in [2.05, 4.69) is 0 Å². The molecule has 0 bridgehead atoms. The number of hydrogen-bond donors (Lipinski definition) is 0. The summed E-state index contributed by atoms with van der Waals surface area (Å²) < 4.78 is 30.0. The maximum atomic E-state index is 12.5. The highest BCUT2D eigenvalue weighted by molar-refractivity contribution is 7.91. The second-order valence-corrected chi connectivity index (χ2v) is 6.54. The van der Waals surface area contributed by atoms with Gasteiger partial charge < -0.3 is 4.74 Å². The summed E-state index contributed by atoms with van der Waals surface area (Å²) in [5, 5.41) is -0.583. The van der Waals surface area contributed by atoms with Gasteiger partial charge in [-0.15, -0.1) is 0 Å². The third-order valence-electron chi connectivity index (χ3n) is 3.12. The molecule has 1 unspecified atom stereocenters. The predicted octanol–water partition coefficient (Wildman–Crippen LogP) is 3.23. The lowest BCUT2D eigenvalue weighted by Crippen LogP contribution is -2.10. The van der Waals surface area contributed by atoms with Crippen LogP contribution in [0, 0.1) is 0 Å². The van der Waals surface area contributed by atoms with E-state index in [4.69, 9.17) is 4.74 Å². The molecule has 0 heterocycles. The molecule has 0 spiro atoms. The minimum absolute atomic E-state index is 0.346. The van der Waals surface area contributed by atoms with Gasteiger partial charge in [-0.25, -0.2) is 8.42 Å². The highest BCUT2D eigenvalue weighted by atomic mass is 32.2. The van der Waals surface area contributed by atoms with E-state index in [0.717, 1.165) is 5.56 Å². The van der Waals surface area contributed by atoms with Crippen LogP contribution in [-0.2, 0) is 9.84 Å². The number of ether oxygens (including phenoxy) is 1. The van der Waals surface area contributed by atoms with E-state index in [1.165, 1.54) is 0 Å². The summed E-state index contributed by atoms with van der Waals surface area (Å²) in [6, 6.07) is 15.6. The molecule has 19 heavy (non-hydrogen) atoms. The molecule has 0 aliphatic heterocycles. The van der Waals surface area contributed by atoms with Gasteiger partial charge in [0.1, 0.15) is 5.75 Å². The molecular formula is C15H16O3S. The van der Waals surface area contributed by atoms with E-state index < -0.39 is 15.1 Å². The lowest BCUT2D eigenvalue weighted by atomic mass is 10.2. The van der Waals surface area contributed by atoms with Crippen molar-refractivity contribution in [3.05, 3.63) is 60.2 Å². The summed E-state index contributed by atoms with van der Waals surface area (Å²) in [5.41, 5.74) is 0.754. The molecule has 4 heteroatoms. The first kappa shape index (κ1) is 13.6. The Balaban J connectivity index is 2.35. The summed E-state index contributed by atoms with van der Waals surface area (Å²) in [4.78, 5) is 0.346. The van der Waals surface area contributed by atoms with Gasteiger partial charge in [0.2, 0.25) is 0 Å². The van der Waals surface area contributed by atoms with E-state index in [0.29, 0.717) is 10.6 Å². The third-order valence-corrected chi connectivity index (χ3v) is 5.25. The van der Waals surface area contributed by atoms with E-state index in [-0.39, 0.29) is 0 Å². The summed E-state index contributed by atoms with van der Waals surface area (Å²) >= 11 is 0. The lowest BCUT2D eigenvalue weighted by molar-refractivity contribution is 0.414. The average molecular weight is 276 g/mol. The summed E-state index contributed by atoms with van der Waals surface area (Å²) in [7, 11) is -1.77. The van der Waals surface area contributed by atoms with Crippen LogP contribution < -0.4 is 4.74 Å². The second kappa shape index (κ2) is 5.45. The Morgan fingerprint density at radius 1 is 0.947 bits per heavy atom. The zero-order valence-corrected chi connectivity index (χ0v) is 11.7. The Morgan fingerprint density at radius 3 is 2.05 bits per heavy atom. The molecule has 0 aliphatic rings. The van der Waals surface area contributed by atoms with Gasteiger partial charge in [-0.2, -0.15) is 0 Å². The minimum atomic E-state index is -3.35. The van der Waals surface area contributed by atoms with E-state index >= 15 is 0 Å². The average Bonchev–Trinajstić information content (AvgIpc) is 2.47. The molecule has 0 saturated heterocycles. The smallest absolute Gasteiger partial charge is 0.185 e. The highest BCUT2D eigenvalue weighted by Gasteiger charge is 2.24. The topological polar surface area (TPSA) is 43.4 Å². The first-order valence-corrected chi connectivity index (χ1v) is 7.53. The van der Waals surface area contributed by atoms with Gasteiger partial charge in [0.05, 0.1) is 17.3 Å². The van der Waals surface area contributed by atoms with Gasteiger partial charge >= 0.3 is 0 Å². The lowest BCUT2D eigenvalue weighted by Gasteiger charge is -2.13. The highest BCUT2D eigenvalue weighted by Crippen LogP contribution is 2.29. The Labute approximate surface area is 113 Å². The molecule has 0 radical (unpaired) electrons. The van der Waals surface area contributed by atoms with E-state index in [9.17, 15) is 8.42 Å². The monoisotopic (exact) mass is 276 g/mol. The van der Waals surface area contributed by atoms with Crippen molar-refractivity contribution >= 4 is 9.84 Å². The van der Waals surface area contributed by atoms with Gasteiger partial charge in [0.25, 0.3) is 0 Å². The Kier molecular flexibility index (Phi) is 3.90. The van der Waals surface area contributed by atoms with Crippen LogP contribution in [0.5, 0.6) is 5.75 Å². The number of sulfone groups is 1. The molecule has 0 aliphatic carbocycles. The number of methoxy groups -OCH3 is 1. The van der Waals surface area contributed by atoms with Gasteiger partial charge in [-0.05, 0) is 36.8 Å². The van der Waals surface area contributed by atoms with Crippen LogP contribution in [0.2, 0.25) is 0 Å². The summed E-state index contributed by atoms with van der Waals surface area (Å²) in [5.74, 6) is 0.716. The Morgan fingerprint density at radius 2 is 1.53 bits per heavy atom. The maximum Gasteiger partial charge on any atom is 0.185 e. The summed E-state index contributed by atoms with van der Waals surface area (Å²) in [6.45, 7) is 1.70. The first-order valence-electron chi connectivity index (χ1n) is 5.98. The van der Waals surface area contributed by atoms with Crippen molar-refractivity contribution in [3.63, 3.8) is 0 Å². The molecule has 0 fully saturated rings. The fourth-order valence-electron chi connectivity index (χ4n) is 1.87. The largest absolute Gasteiger partial charge is 0.497 e. The van der Waals surface area contributed by atoms with Crippen molar-refractivity contribution in [2.24, 2.45) is 0 Å². The van der Waals surface area contributed by atoms with Crippen LogP contribution in [0.15, 0.2) is 59.5 Å². The van der Waals surface area contributed by atoms with E-state index in [1.807, 2.05) is 0 Å². The van der Waals surface area contributed by atoms with Crippen molar-refractivity contribution < 1.29 is 13.2 Å². The van der Waals surface area contributed by atoms with Crippen molar-refractivity contribution in [1.82, 2.24) is 0 Å². The van der Waals surface area contributed by atoms with Crippen LogP contribution >= 0.6 is 0 Å². The molecule has 2 rings (SSSR count). The minimum Gasteiger partial charge on any atom is -0.497 e. The molecule has 0 amide bonds. The number of hydrogen-bond acceptors (Lipinski definition) is 3. The van der Waals surface area contributed by atoms with Crippen LogP contribution in [0.25, 0.3) is 0 Å². The van der Waals surface area contributed by atoms with E-state index in [1.54, 1.807) is 68.6 Å². The number of rotatable bonds is 4. The molecule has 100 valence electrons. The van der Waals surface area contributed by atoms with Gasteiger partial charge in [-0.1, -0.05) is 30.3 Å². The molecule has 0 aromatic heterocycles. The zero-order valence-electron chi connectivity index (χ0n) is 10.9. The Bertz CT molecular complexity index is 631. The molecule has 0 saturated carbocycles. The fraction of sp³-hybridized carbons (Fsp3) is 0.200. The molecule has 3 nitrogen and oxygen atoms in total. The van der Waals surface area contributed by atoms with Crippen LogP contribution in [0.3, 0.4) is 0 Å². The van der Waals surface area contributed by atoms with Crippen LogP contribution in [-0.4, -0.2) is 15.5 Å². The predicted molar refractivity (Wildman–Crippen MR) is 75.0 cm³/mol. The van der Waals surface area contributed by atoms with Crippen molar-refractivity contribution in [3.8, 4) is 5.75 Å². The van der Waals surface area contributed by atoms with Gasteiger partial charge in [0, 0.05) is 0 Å². The zero-order chi connectivity index (χ0) is 13.9. The van der Waals surface area contributed by atoms with Crippen molar-refractivity contribution in [2.75, 3.05) is 7.11 Å². The standard InChI is InChI=1S/C15H16O3S/c1-12(13-8-10-14(18-2)11-9-13)19(16,17)15-6-4-3-5-7-15/h3-12H,1-2H3. The fourth-order valence-corrected chi connectivity index (χ4v) is 3.33. The summed E-state index contributed by atoms with van der Waals surface area (Å²) in [6.07, 6.45) is 0. The van der Waals surface area contributed by atoms with Gasteiger partial charge in [-0.3, -0.25) is 0 Å². The SMILES string of the molecule is COc1ccc(C(C)S(=O)(=O)c2ccccc2)cc1. The first-order chi connectivity index (χ1) is 9.05. The van der Waals surface area contributed by atoms with Crippen molar-refractivity contribution in [2.45, 2.75) is 17.1 Å². The molecule has 2 aromatic rings. The Hall–Kier alpha value is -1.81. The van der Waals surface area contributed by atoms with Crippen LogP contribution in [0.1, 0.15) is 17.7 Å². The molecule has 1 atom stereocenters. The number of benzene rings is 2. The quantitative estimate of drug-likeness (QED) is 0.861. The third kappa shape index (κ3) is 2.79. The molecule has 2 aromatic carbocycles. The second-order valence-electron chi connectivity index (χ2n) is 4.27. The molecule has 0 N–H and O–H groups in total. The van der Waals surface area contributed by atoms with Crippen molar-refractivity contribution in [1.29, 1.82) is 0 Å². The van der Waals surface area contributed by atoms with Gasteiger partial charge in [0.15, 0.2) is 9.84 Å². The molecular weight excluding hydrogens is 260 g/mol.